The molecule has 1 fully saturated rings. The summed E-state index contributed by atoms with van der Waals surface area (Å²) in [7, 11) is 0. The Bertz CT molecular complexity index is 875. The Hall–Kier alpha value is -2.24. The van der Waals surface area contributed by atoms with Gasteiger partial charge in [-0.25, -0.2) is 0 Å². The van der Waals surface area contributed by atoms with E-state index in [4.69, 9.17) is 0 Å². The van der Waals surface area contributed by atoms with E-state index < -0.39 is 12.0 Å². The van der Waals surface area contributed by atoms with Crippen molar-refractivity contribution in [3.8, 4) is 0 Å². The monoisotopic (exact) mass is 338 g/mol. The molecule has 0 bridgehead atoms. The van der Waals surface area contributed by atoms with Crippen molar-refractivity contribution in [1.82, 2.24) is 9.88 Å². The molecular weight excluding hydrogens is 320 g/mol. The Balaban J connectivity index is 1.71. The lowest BCUT2D eigenvalue weighted by Gasteiger charge is -2.09. The lowest BCUT2D eigenvalue weighted by atomic mass is 10.1. The summed E-state index contributed by atoms with van der Waals surface area (Å²) in [6.45, 7) is 0.807. The molecule has 2 aromatic carbocycles. The highest BCUT2D eigenvalue weighted by molar-refractivity contribution is 7.99. The van der Waals surface area contributed by atoms with Crippen LogP contribution in [-0.2, 0) is 11.3 Å². The normalized spacial score (nSPS) is 20.5. The molecule has 0 spiro atoms. The molecule has 122 valence electrons. The fourth-order valence-corrected chi connectivity index (χ4v) is 4.44. The van der Waals surface area contributed by atoms with Crippen LogP contribution in [0.5, 0.6) is 0 Å². The van der Waals surface area contributed by atoms with Gasteiger partial charge in [-0.3, -0.25) is 10.1 Å². The lowest BCUT2D eigenvalue weighted by Crippen LogP contribution is -2.33. The van der Waals surface area contributed by atoms with Crippen LogP contribution in [0.3, 0.4) is 0 Å². The number of aliphatic carboxylic acids is 1. The second kappa shape index (κ2) is 6.34. The van der Waals surface area contributed by atoms with Gasteiger partial charge in [0.15, 0.2) is 0 Å². The number of nitrogens with zero attached hydrogens (tertiary/aromatic N) is 1. The Kier molecular flexibility index (Phi) is 4.04. The molecule has 1 aliphatic heterocycles. The number of thioether (sulfide) groups is 1. The molecule has 4 nitrogen and oxygen atoms in total. The number of rotatable bonds is 4. The SMILES string of the molecule is O=C(O)[C@H]1CS[C@@H](c2cn(Cc3ccccc3)c3ccccc23)N1. The van der Waals surface area contributed by atoms with Crippen LogP contribution in [0, 0.1) is 0 Å². The molecular formula is C19H18N2O2S. The Morgan fingerprint density at radius 2 is 1.92 bits per heavy atom. The minimum Gasteiger partial charge on any atom is -0.480 e. The smallest absolute Gasteiger partial charge is 0.321 e. The first-order valence-electron chi connectivity index (χ1n) is 7.94. The average molecular weight is 338 g/mol. The maximum Gasteiger partial charge on any atom is 0.321 e. The van der Waals surface area contributed by atoms with Gasteiger partial charge in [-0.2, -0.15) is 0 Å². The largest absolute Gasteiger partial charge is 0.480 e. The van der Waals surface area contributed by atoms with E-state index in [0.717, 1.165) is 12.1 Å². The van der Waals surface area contributed by atoms with Gasteiger partial charge in [0.1, 0.15) is 6.04 Å². The highest BCUT2D eigenvalue weighted by Crippen LogP contribution is 2.37. The molecule has 0 aliphatic carbocycles. The molecule has 1 aromatic heterocycles. The van der Waals surface area contributed by atoms with E-state index in [1.807, 2.05) is 30.3 Å². The van der Waals surface area contributed by atoms with Crippen LogP contribution >= 0.6 is 11.8 Å². The highest BCUT2D eigenvalue weighted by Gasteiger charge is 2.31. The first kappa shape index (κ1) is 15.3. The predicted octanol–water partition coefficient (Wildman–Crippen LogP) is 3.48. The zero-order chi connectivity index (χ0) is 16.5. The summed E-state index contributed by atoms with van der Waals surface area (Å²) in [5, 5.41) is 13.6. The van der Waals surface area contributed by atoms with Gasteiger partial charge in [0.2, 0.25) is 0 Å². The Morgan fingerprint density at radius 3 is 2.67 bits per heavy atom. The standard InChI is InChI=1S/C19H18N2O2S/c22-19(23)16-12-24-18(20-16)15-11-21(10-13-6-2-1-3-7-13)17-9-5-4-8-14(15)17/h1-9,11,16,18,20H,10,12H2,(H,22,23)/t16-,18+/m1/s1. The number of hydrogen-bond acceptors (Lipinski definition) is 3. The second-order valence-corrected chi connectivity index (χ2v) is 7.12. The summed E-state index contributed by atoms with van der Waals surface area (Å²) in [6, 6.07) is 18.2. The van der Waals surface area contributed by atoms with Crippen LogP contribution < -0.4 is 5.32 Å². The number of hydrogen-bond donors (Lipinski definition) is 2. The average Bonchev–Trinajstić information content (AvgIpc) is 3.21. The molecule has 0 saturated carbocycles. The minimum atomic E-state index is -0.780. The number of carboxylic acids is 1. The number of carbonyl (C=O) groups is 1. The van der Waals surface area contributed by atoms with Crippen molar-refractivity contribution in [2.45, 2.75) is 18.0 Å². The van der Waals surface area contributed by atoms with Crippen LogP contribution in [0.15, 0.2) is 60.8 Å². The molecule has 0 unspecified atom stereocenters. The van der Waals surface area contributed by atoms with Crippen molar-refractivity contribution < 1.29 is 9.90 Å². The van der Waals surface area contributed by atoms with Gasteiger partial charge in [0.25, 0.3) is 0 Å². The lowest BCUT2D eigenvalue weighted by molar-refractivity contribution is -0.138. The van der Waals surface area contributed by atoms with E-state index in [2.05, 4.69) is 40.3 Å². The summed E-state index contributed by atoms with van der Waals surface area (Å²) in [6.07, 6.45) is 2.16. The molecule has 5 heteroatoms. The first-order valence-corrected chi connectivity index (χ1v) is 8.99. The van der Waals surface area contributed by atoms with Crippen molar-refractivity contribution in [2.24, 2.45) is 0 Å². The Labute approximate surface area is 144 Å². The van der Waals surface area contributed by atoms with E-state index in [9.17, 15) is 9.90 Å². The van der Waals surface area contributed by atoms with E-state index in [-0.39, 0.29) is 5.37 Å². The highest BCUT2D eigenvalue weighted by atomic mass is 32.2. The molecule has 0 amide bonds. The molecule has 2 N–H and O–H groups in total. The fraction of sp³-hybridized carbons (Fsp3) is 0.211. The summed E-state index contributed by atoms with van der Waals surface area (Å²) < 4.78 is 2.25. The van der Waals surface area contributed by atoms with Crippen LogP contribution in [0.25, 0.3) is 10.9 Å². The minimum absolute atomic E-state index is 0.0213. The summed E-state index contributed by atoms with van der Waals surface area (Å²) in [4.78, 5) is 11.2. The summed E-state index contributed by atoms with van der Waals surface area (Å²) in [5.74, 6) is -0.184. The summed E-state index contributed by atoms with van der Waals surface area (Å²) >= 11 is 1.66. The topological polar surface area (TPSA) is 54.3 Å². The van der Waals surface area contributed by atoms with Gasteiger partial charge in [-0.1, -0.05) is 48.5 Å². The maximum atomic E-state index is 11.2. The van der Waals surface area contributed by atoms with Gasteiger partial charge in [0, 0.05) is 35.0 Å². The third-order valence-corrected chi connectivity index (χ3v) is 5.63. The van der Waals surface area contributed by atoms with Crippen LogP contribution in [-0.4, -0.2) is 27.4 Å². The molecule has 4 rings (SSSR count). The molecule has 1 saturated heterocycles. The molecule has 24 heavy (non-hydrogen) atoms. The zero-order valence-electron chi connectivity index (χ0n) is 13.1. The number of fused-ring (bicyclic) bond motifs is 1. The second-order valence-electron chi connectivity index (χ2n) is 5.99. The third kappa shape index (κ3) is 2.81. The molecule has 3 aromatic rings. The van der Waals surface area contributed by atoms with Gasteiger partial charge >= 0.3 is 5.97 Å². The number of benzene rings is 2. The predicted molar refractivity (Wildman–Crippen MR) is 97.2 cm³/mol. The van der Waals surface area contributed by atoms with Gasteiger partial charge < -0.3 is 9.67 Å². The number of para-hydroxylation sites is 1. The zero-order valence-corrected chi connectivity index (χ0v) is 13.9. The molecule has 2 heterocycles. The van der Waals surface area contributed by atoms with E-state index in [1.54, 1.807) is 11.8 Å². The molecule has 1 aliphatic rings. The Morgan fingerprint density at radius 1 is 1.17 bits per heavy atom. The van der Waals surface area contributed by atoms with E-state index >= 15 is 0 Å². The van der Waals surface area contributed by atoms with Crippen molar-refractivity contribution in [3.63, 3.8) is 0 Å². The third-order valence-electron chi connectivity index (χ3n) is 4.38. The fourth-order valence-electron chi connectivity index (χ4n) is 3.19. The molecule has 2 atom stereocenters. The maximum absolute atomic E-state index is 11.2. The summed E-state index contributed by atoms with van der Waals surface area (Å²) in [5.41, 5.74) is 3.59. The van der Waals surface area contributed by atoms with Crippen molar-refractivity contribution in [3.05, 3.63) is 71.9 Å². The molecule has 0 radical (unpaired) electrons. The van der Waals surface area contributed by atoms with Crippen molar-refractivity contribution >= 4 is 28.6 Å². The number of nitrogens with one attached hydrogen (secondary N) is 1. The quantitative estimate of drug-likeness (QED) is 0.765. The van der Waals surface area contributed by atoms with Crippen LogP contribution in [0.2, 0.25) is 0 Å². The van der Waals surface area contributed by atoms with E-state index in [0.29, 0.717) is 5.75 Å². The van der Waals surface area contributed by atoms with Crippen LogP contribution in [0.1, 0.15) is 16.5 Å². The van der Waals surface area contributed by atoms with Crippen molar-refractivity contribution in [1.29, 1.82) is 0 Å². The van der Waals surface area contributed by atoms with E-state index in [1.165, 1.54) is 16.5 Å². The van der Waals surface area contributed by atoms with Gasteiger partial charge in [0.05, 0.1) is 5.37 Å². The van der Waals surface area contributed by atoms with Gasteiger partial charge in [-0.15, -0.1) is 11.8 Å². The van der Waals surface area contributed by atoms with Crippen molar-refractivity contribution in [2.75, 3.05) is 5.75 Å². The number of aromatic nitrogens is 1. The van der Waals surface area contributed by atoms with Gasteiger partial charge in [-0.05, 0) is 11.6 Å². The first-order chi connectivity index (χ1) is 11.7. The van der Waals surface area contributed by atoms with Crippen LogP contribution in [0.4, 0.5) is 0 Å². The number of carboxylic acid groups (broad SMARTS) is 1.